The number of piperidine rings is 1. The number of hydrogen-bond donors (Lipinski definition) is 1. The predicted molar refractivity (Wildman–Crippen MR) is 125 cm³/mol. The SMILES string of the molecule is COc1cccc(-c2cc3c(cc2C2CCN(C)CC2C)N2C(=NNC(=O)C2C)CO3)c1. The van der Waals surface area contributed by atoms with Gasteiger partial charge in [-0.2, -0.15) is 5.10 Å². The lowest BCUT2D eigenvalue weighted by Gasteiger charge is -2.40. The van der Waals surface area contributed by atoms with Gasteiger partial charge < -0.3 is 19.3 Å². The van der Waals surface area contributed by atoms with Gasteiger partial charge in [0.2, 0.25) is 0 Å². The molecule has 3 heterocycles. The van der Waals surface area contributed by atoms with Crippen molar-refractivity contribution in [2.45, 2.75) is 32.2 Å². The van der Waals surface area contributed by atoms with E-state index in [1.807, 2.05) is 24.0 Å². The van der Waals surface area contributed by atoms with Crippen LogP contribution < -0.4 is 19.8 Å². The molecule has 3 aliphatic rings. The zero-order valence-electron chi connectivity index (χ0n) is 19.1. The van der Waals surface area contributed by atoms with E-state index in [4.69, 9.17) is 9.47 Å². The monoisotopic (exact) mass is 434 g/mol. The number of fused-ring (bicyclic) bond motifs is 3. The molecular formula is C25H30N4O3. The van der Waals surface area contributed by atoms with Gasteiger partial charge in [0.25, 0.3) is 5.91 Å². The molecule has 0 bridgehead atoms. The molecule has 1 N–H and O–H groups in total. The topological polar surface area (TPSA) is 66.4 Å². The number of amidine groups is 1. The van der Waals surface area contributed by atoms with Gasteiger partial charge in [-0.3, -0.25) is 4.79 Å². The molecule has 3 unspecified atom stereocenters. The first-order chi connectivity index (χ1) is 15.5. The lowest BCUT2D eigenvalue weighted by atomic mass is 9.78. The minimum absolute atomic E-state index is 0.104. The van der Waals surface area contributed by atoms with Gasteiger partial charge in [0.15, 0.2) is 5.84 Å². The van der Waals surface area contributed by atoms with Gasteiger partial charge in [0, 0.05) is 6.54 Å². The summed E-state index contributed by atoms with van der Waals surface area (Å²) in [7, 11) is 3.88. The Labute approximate surface area is 189 Å². The normalized spacial score (nSPS) is 25.2. The van der Waals surface area contributed by atoms with Gasteiger partial charge in [0.05, 0.1) is 12.8 Å². The average molecular weight is 435 g/mol. The molecule has 7 nitrogen and oxygen atoms in total. The molecule has 1 amide bonds. The standard InChI is InChI=1S/C25H30N4O3/c1-15-13-28(3)9-8-19(15)21-11-22-23(12-20(21)17-6-5-7-18(10-17)31-4)32-14-24-26-27-25(30)16(2)29(22)24/h5-7,10-12,15-16,19H,8-9,13-14H2,1-4H3,(H,27,30). The summed E-state index contributed by atoms with van der Waals surface area (Å²) in [4.78, 5) is 16.8. The number of likely N-dealkylation sites (tertiary alicyclic amines) is 1. The maximum absolute atomic E-state index is 12.4. The van der Waals surface area contributed by atoms with E-state index < -0.39 is 0 Å². The molecule has 3 atom stereocenters. The van der Waals surface area contributed by atoms with Crippen LogP contribution in [0.5, 0.6) is 11.5 Å². The number of amides is 1. The second-order valence-electron chi connectivity index (χ2n) is 9.11. The quantitative estimate of drug-likeness (QED) is 0.802. The Kier molecular flexibility index (Phi) is 5.29. The molecule has 168 valence electrons. The van der Waals surface area contributed by atoms with Gasteiger partial charge in [-0.05, 0) is 79.7 Å². The number of carbonyl (C=O) groups is 1. The second-order valence-corrected chi connectivity index (χ2v) is 9.11. The van der Waals surface area contributed by atoms with E-state index in [0.29, 0.717) is 18.4 Å². The van der Waals surface area contributed by atoms with Gasteiger partial charge in [-0.15, -0.1) is 0 Å². The smallest absolute Gasteiger partial charge is 0.262 e. The number of hydrazone groups is 1. The van der Waals surface area contributed by atoms with Gasteiger partial charge in [-0.25, -0.2) is 5.43 Å². The number of carbonyl (C=O) groups excluding carboxylic acids is 1. The van der Waals surface area contributed by atoms with Crippen molar-refractivity contribution in [2.75, 3.05) is 38.8 Å². The number of methoxy groups -OCH3 is 1. The predicted octanol–water partition coefficient (Wildman–Crippen LogP) is 3.45. The van der Waals surface area contributed by atoms with Crippen LogP contribution in [0.15, 0.2) is 41.5 Å². The summed E-state index contributed by atoms with van der Waals surface area (Å²) in [6.07, 6.45) is 1.09. The number of rotatable bonds is 3. The van der Waals surface area contributed by atoms with Crippen LogP contribution in [-0.2, 0) is 4.79 Å². The number of nitrogens with one attached hydrogen (secondary N) is 1. The average Bonchev–Trinajstić information content (AvgIpc) is 2.80. The second kappa shape index (κ2) is 8.13. The van der Waals surface area contributed by atoms with Crippen LogP contribution in [0.25, 0.3) is 11.1 Å². The summed E-state index contributed by atoms with van der Waals surface area (Å²) in [5.41, 5.74) is 7.10. The third-order valence-electron chi connectivity index (χ3n) is 6.98. The zero-order valence-corrected chi connectivity index (χ0v) is 19.1. The molecular weight excluding hydrogens is 404 g/mol. The van der Waals surface area contributed by atoms with E-state index in [1.165, 1.54) is 11.1 Å². The Morgan fingerprint density at radius 3 is 2.84 bits per heavy atom. The lowest BCUT2D eigenvalue weighted by molar-refractivity contribution is -0.122. The first-order valence-corrected chi connectivity index (χ1v) is 11.3. The third kappa shape index (κ3) is 3.50. The van der Waals surface area contributed by atoms with Crippen LogP contribution in [-0.4, -0.2) is 56.5 Å². The van der Waals surface area contributed by atoms with Crippen LogP contribution in [0, 0.1) is 5.92 Å². The first kappa shape index (κ1) is 20.8. The molecule has 0 aromatic heterocycles. The summed E-state index contributed by atoms with van der Waals surface area (Å²) in [5.74, 6) is 3.17. The molecule has 0 saturated carbocycles. The van der Waals surface area contributed by atoms with E-state index in [1.54, 1.807) is 7.11 Å². The maximum atomic E-state index is 12.4. The fourth-order valence-corrected chi connectivity index (χ4v) is 5.25. The van der Waals surface area contributed by atoms with Gasteiger partial charge >= 0.3 is 0 Å². The lowest BCUT2D eigenvalue weighted by Crippen LogP contribution is -2.55. The number of hydrogen-bond acceptors (Lipinski definition) is 6. The highest BCUT2D eigenvalue weighted by Crippen LogP contribution is 2.46. The summed E-state index contributed by atoms with van der Waals surface area (Å²) in [6.45, 7) is 6.70. The molecule has 0 spiro atoms. The van der Waals surface area contributed by atoms with Crippen molar-refractivity contribution < 1.29 is 14.3 Å². The van der Waals surface area contributed by atoms with Crippen LogP contribution >= 0.6 is 0 Å². The minimum Gasteiger partial charge on any atom is -0.497 e. The molecule has 0 radical (unpaired) electrons. The molecule has 32 heavy (non-hydrogen) atoms. The summed E-state index contributed by atoms with van der Waals surface area (Å²) in [5, 5.41) is 4.25. The molecule has 1 fully saturated rings. The molecule has 2 aromatic rings. The molecule has 1 saturated heterocycles. The Hall–Kier alpha value is -3.06. The maximum Gasteiger partial charge on any atom is 0.262 e. The number of ether oxygens (including phenoxy) is 2. The summed E-state index contributed by atoms with van der Waals surface area (Å²) < 4.78 is 11.6. The summed E-state index contributed by atoms with van der Waals surface area (Å²) in [6, 6.07) is 12.2. The van der Waals surface area contributed by atoms with Crippen molar-refractivity contribution in [1.82, 2.24) is 10.3 Å². The van der Waals surface area contributed by atoms with Crippen molar-refractivity contribution in [3.63, 3.8) is 0 Å². The first-order valence-electron chi connectivity index (χ1n) is 11.3. The van der Waals surface area contributed by atoms with Crippen molar-refractivity contribution in [2.24, 2.45) is 11.0 Å². The van der Waals surface area contributed by atoms with Crippen molar-refractivity contribution >= 4 is 17.4 Å². The zero-order chi connectivity index (χ0) is 22.4. The fraction of sp³-hybridized carbons (Fsp3) is 0.440. The number of benzene rings is 2. The highest BCUT2D eigenvalue weighted by Gasteiger charge is 2.37. The van der Waals surface area contributed by atoms with E-state index in [2.05, 4.69) is 53.7 Å². The van der Waals surface area contributed by atoms with Crippen molar-refractivity contribution in [3.8, 4) is 22.6 Å². The molecule has 0 aliphatic carbocycles. The van der Waals surface area contributed by atoms with E-state index in [0.717, 1.165) is 48.1 Å². The Bertz CT molecular complexity index is 1080. The Morgan fingerprint density at radius 1 is 1.22 bits per heavy atom. The number of nitrogens with zero attached hydrogens (tertiary/aromatic N) is 3. The van der Waals surface area contributed by atoms with Crippen LogP contribution in [0.1, 0.15) is 31.7 Å². The molecule has 3 aliphatic heterocycles. The molecule has 5 rings (SSSR count). The number of anilines is 1. The van der Waals surface area contributed by atoms with Crippen molar-refractivity contribution in [1.29, 1.82) is 0 Å². The largest absolute Gasteiger partial charge is 0.497 e. The molecule has 2 aromatic carbocycles. The molecule has 7 heteroatoms. The van der Waals surface area contributed by atoms with Crippen molar-refractivity contribution in [3.05, 3.63) is 42.0 Å². The Morgan fingerprint density at radius 2 is 2.06 bits per heavy atom. The highest BCUT2D eigenvalue weighted by atomic mass is 16.5. The van der Waals surface area contributed by atoms with Crippen LogP contribution in [0.2, 0.25) is 0 Å². The van der Waals surface area contributed by atoms with E-state index in [9.17, 15) is 4.79 Å². The van der Waals surface area contributed by atoms with E-state index in [-0.39, 0.29) is 11.9 Å². The minimum atomic E-state index is -0.337. The fourth-order valence-electron chi connectivity index (χ4n) is 5.25. The Balaban J connectivity index is 1.68. The van der Waals surface area contributed by atoms with E-state index >= 15 is 0 Å². The summed E-state index contributed by atoms with van der Waals surface area (Å²) >= 11 is 0. The van der Waals surface area contributed by atoms with Crippen LogP contribution in [0.3, 0.4) is 0 Å². The third-order valence-corrected chi connectivity index (χ3v) is 6.98. The van der Waals surface area contributed by atoms with Gasteiger partial charge in [-0.1, -0.05) is 19.1 Å². The van der Waals surface area contributed by atoms with Crippen LogP contribution in [0.4, 0.5) is 5.69 Å². The van der Waals surface area contributed by atoms with Gasteiger partial charge in [0.1, 0.15) is 24.1 Å². The highest BCUT2D eigenvalue weighted by molar-refractivity contribution is 6.09.